The number of aromatic nitrogens is 2. The van der Waals surface area contributed by atoms with Gasteiger partial charge in [-0.25, -0.2) is 9.97 Å². The summed E-state index contributed by atoms with van der Waals surface area (Å²) in [5, 5.41) is 2.89. The summed E-state index contributed by atoms with van der Waals surface area (Å²) in [5.41, 5.74) is 0.999. The highest BCUT2D eigenvalue weighted by atomic mass is 16.3. The first-order valence-corrected chi connectivity index (χ1v) is 9.13. The molecule has 1 saturated heterocycles. The molecule has 3 heterocycles. The zero-order chi connectivity index (χ0) is 18.5. The van der Waals surface area contributed by atoms with E-state index in [9.17, 15) is 4.79 Å². The molecule has 0 bridgehead atoms. The summed E-state index contributed by atoms with van der Waals surface area (Å²) in [6.07, 6.45) is 1.61. The van der Waals surface area contributed by atoms with Gasteiger partial charge in [-0.15, -0.1) is 0 Å². The number of carbonyl (C=O) groups excluding carboxylic acids is 1. The second-order valence-corrected chi connectivity index (χ2v) is 7.00. The molecule has 3 rings (SSSR count). The molecule has 1 amide bonds. The molecule has 0 aromatic carbocycles. The fraction of sp³-hybridized carbons (Fsp3) is 0.526. The summed E-state index contributed by atoms with van der Waals surface area (Å²) >= 11 is 0. The highest BCUT2D eigenvalue weighted by Gasteiger charge is 2.21. The van der Waals surface area contributed by atoms with Gasteiger partial charge in [0.05, 0.1) is 19.4 Å². The number of carbonyl (C=O) groups is 1. The first kappa shape index (κ1) is 18.4. The molecule has 1 N–H and O–H groups in total. The highest BCUT2D eigenvalue weighted by molar-refractivity contribution is 5.78. The van der Waals surface area contributed by atoms with Crippen molar-refractivity contribution in [2.75, 3.05) is 37.6 Å². The monoisotopic (exact) mass is 357 g/mol. The molecule has 1 fully saturated rings. The lowest BCUT2D eigenvalue weighted by Crippen LogP contribution is -2.49. The van der Waals surface area contributed by atoms with Gasteiger partial charge >= 0.3 is 0 Å². The van der Waals surface area contributed by atoms with Crippen LogP contribution < -0.4 is 10.2 Å². The van der Waals surface area contributed by atoms with Crippen LogP contribution in [0, 0.1) is 6.92 Å². The maximum Gasteiger partial charge on any atom is 0.234 e. The van der Waals surface area contributed by atoms with Crippen molar-refractivity contribution in [2.45, 2.75) is 33.2 Å². The Bertz CT molecular complexity index is 722. The number of rotatable bonds is 6. The number of hydrogen-bond acceptors (Lipinski definition) is 6. The molecule has 0 unspecified atom stereocenters. The van der Waals surface area contributed by atoms with Crippen LogP contribution in [0.4, 0.5) is 5.82 Å². The quantitative estimate of drug-likeness (QED) is 0.852. The molecule has 0 spiro atoms. The van der Waals surface area contributed by atoms with E-state index >= 15 is 0 Å². The second kappa shape index (κ2) is 8.31. The maximum absolute atomic E-state index is 12.1. The van der Waals surface area contributed by atoms with Crippen LogP contribution >= 0.6 is 0 Å². The van der Waals surface area contributed by atoms with Crippen LogP contribution in [0.1, 0.15) is 37.0 Å². The third-order valence-corrected chi connectivity index (χ3v) is 4.48. The number of nitrogens with zero attached hydrogens (tertiary/aromatic N) is 4. The smallest absolute Gasteiger partial charge is 0.234 e. The van der Waals surface area contributed by atoms with Crippen molar-refractivity contribution in [2.24, 2.45) is 0 Å². The molecule has 7 nitrogen and oxygen atoms in total. The van der Waals surface area contributed by atoms with Gasteiger partial charge in [-0.1, -0.05) is 13.8 Å². The van der Waals surface area contributed by atoms with E-state index in [0.717, 1.165) is 49.3 Å². The predicted molar refractivity (Wildman–Crippen MR) is 100 cm³/mol. The van der Waals surface area contributed by atoms with Crippen molar-refractivity contribution in [1.82, 2.24) is 20.2 Å². The SMILES string of the molecule is Cc1cc(N2CCN(CC(=O)NCc3ccco3)CC2)nc(C(C)C)n1. The van der Waals surface area contributed by atoms with Crippen molar-refractivity contribution in [1.29, 1.82) is 0 Å². The Morgan fingerprint density at radius 2 is 2.04 bits per heavy atom. The summed E-state index contributed by atoms with van der Waals surface area (Å²) in [6.45, 7) is 10.5. The molecule has 26 heavy (non-hydrogen) atoms. The van der Waals surface area contributed by atoms with Crippen LogP contribution in [0.2, 0.25) is 0 Å². The lowest BCUT2D eigenvalue weighted by molar-refractivity contribution is -0.122. The molecule has 1 aliphatic rings. The Morgan fingerprint density at radius 1 is 1.27 bits per heavy atom. The topological polar surface area (TPSA) is 74.5 Å². The standard InChI is InChI=1S/C19H27N5O2/c1-14(2)19-21-15(3)11-17(22-19)24-8-6-23(7-9-24)13-18(25)20-12-16-5-4-10-26-16/h4-5,10-11,14H,6-9,12-13H2,1-3H3,(H,20,25). The molecule has 2 aromatic heterocycles. The van der Waals surface area contributed by atoms with Crippen LogP contribution in [0.25, 0.3) is 0 Å². The van der Waals surface area contributed by atoms with Crippen LogP contribution in [0.15, 0.2) is 28.9 Å². The predicted octanol–water partition coefficient (Wildman–Crippen LogP) is 1.94. The lowest BCUT2D eigenvalue weighted by atomic mass is 10.2. The fourth-order valence-corrected chi connectivity index (χ4v) is 2.99. The van der Waals surface area contributed by atoms with E-state index in [0.29, 0.717) is 19.0 Å². The molecular formula is C19H27N5O2. The zero-order valence-electron chi connectivity index (χ0n) is 15.7. The van der Waals surface area contributed by atoms with Crippen LogP contribution in [0.3, 0.4) is 0 Å². The minimum atomic E-state index is 0.0230. The summed E-state index contributed by atoms with van der Waals surface area (Å²) in [5.74, 6) is 2.98. The molecule has 2 aromatic rings. The molecule has 0 aliphatic carbocycles. The van der Waals surface area contributed by atoms with E-state index in [1.807, 2.05) is 25.1 Å². The van der Waals surface area contributed by atoms with Crippen molar-refractivity contribution in [3.8, 4) is 0 Å². The van der Waals surface area contributed by atoms with Crippen molar-refractivity contribution >= 4 is 11.7 Å². The van der Waals surface area contributed by atoms with E-state index in [1.165, 1.54) is 0 Å². The first-order chi connectivity index (χ1) is 12.5. The van der Waals surface area contributed by atoms with Gasteiger partial charge in [-0.3, -0.25) is 9.69 Å². The number of furan rings is 1. The van der Waals surface area contributed by atoms with Crippen LogP contribution in [-0.2, 0) is 11.3 Å². The van der Waals surface area contributed by atoms with Gasteiger partial charge in [0.25, 0.3) is 0 Å². The Balaban J connectivity index is 1.49. The average Bonchev–Trinajstić information content (AvgIpc) is 3.13. The van der Waals surface area contributed by atoms with Gasteiger partial charge in [-0.2, -0.15) is 0 Å². The number of aryl methyl sites for hydroxylation is 1. The Morgan fingerprint density at radius 3 is 2.69 bits per heavy atom. The fourth-order valence-electron chi connectivity index (χ4n) is 2.99. The third-order valence-electron chi connectivity index (χ3n) is 4.48. The molecular weight excluding hydrogens is 330 g/mol. The highest BCUT2D eigenvalue weighted by Crippen LogP contribution is 2.18. The van der Waals surface area contributed by atoms with Crippen molar-refractivity contribution in [3.05, 3.63) is 41.7 Å². The molecule has 0 saturated carbocycles. The molecule has 7 heteroatoms. The first-order valence-electron chi connectivity index (χ1n) is 9.13. The largest absolute Gasteiger partial charge is 0.467 e. The summed E-state index contributed by atoms with van der Waals surface area (Å²) in [7, 11) is 0. The van der Waals surface area contributed by atoms with E-state index < -0.39 is 0 Å². The van der Waals surface area contributed by atoms with Gasteiger partial charge < -0.3 is 14.6 Å². The van der Waals surface area contributed by atoms with E-state index in [1.54, 1.807) is 6.26 Å². The number of anilines is 1. The minimum Gasteiger partial charge on any atom is -0.467 e. The molecule has 140 valence electrons. The van der Waals surface area contributed by atoms with Crippen molar-refractivity contribution < 1.29 is 9.21 Å². The van der Waals surface area contributed by atoms with Gasteiger partial charge in [0.15, 0.2) is 0 Å². The maximum atomic E-state index is 12.1. The van der Waals surface area contributed by atoms with Gasteiger partial charge in [0.1, 0.15) is 17.4 Å². The second-order valence-electron chi connectivity index (χ2n) is 7.00. The summed E-state index contributed by atoms with van der Waals surface area (Å²) in [6, 6.07) is 5.71. The van der Waals surface area contributed by atoms with E-state index in [4.69, 9.17) is 9.40 Å². The number of piperazine rings is 1. The third kappa shape index (κ3) is 4.82. The average molecular weight is 357 g/mol. The normalized spacial score (nSPS) is 15.5. The van der Waals surface area contributed by atoms with Gasteiger partial charge in [0, 0.05) is 43.9 Å². The molecule has 0 atom stereocenters. The molecule has 1 aliphatic heterocycles. The number of nitrogens with one attached hydrogen (secondary N) is 1. The zero-order valence-corrected chi connectivity index (χ0v) is 15.7. The lowest BCUT2D eigenvalue weighted by Gasteiger charge is -2.35. The van der Waals surface area contributed by atoms with Gasteiger partial charge in [0.2, 0.25) is 5.91 Å². The molecule has 0 radical (unpaired) electrons. The summed E-state index contributed by atoms with van der Waals surface area (Å²) in [4.78, 5) is 25.8. The Kier molecular flexibility index (Phi) is 5.88. The van der Waals surface area contributed by atoms with E-state index in [-0.39, 0.29) is 5.91 Å². The van der Waals surface area contributed by atoms with Crippen molar-refractivity contribution in [3.63, 3.8) is 0 Å². The Labute approximate surface area is 154 Å². The van der Waals surface area contributed by atoms with Crippen LogP contribution in [-0.4, -0.2) is 53.5 Å². The number of hydrogen-bond donors (Lipinski definition) is 1. The Hall–Kier alpha value is -2.41. The van der Waals surface area contributed by atoms with Crippen LogP contribution in [0.5, 0.6) is 0 Å². The minimum absolute atomic E-state index is 0.0230. The summed E-state index contributed by atoms with van der Waals surface area (Å²) < 4.78 is 5.23. The van der Waals surface area contributed by atoms with E-state index in [2.05, 4.69) is 33.9 Å². The van der Waals surface area contributed by atoms with Gasteiger partial charge in [-0.05, 0) is 19.1 Å². The number of amides is 1.